The maximum Gasteiger partial charge on any atom is 0.255 e. The van der Waals surface area contributed by atoms with Gasteiger partial charge in [-0.15, -0.1) is 0 Å². The van der Waals surface area contributed by atoms with E-state index in [-0.39, 0.29) is 11.4 Å². The zero-order chi connectivity index (χ0) is 14.3. The third-order valence-electron chi connectivity index (χ3n) is 4.19. The van der Waals surface area contributed by atoms with Gasteiger partial charge in [-0.25, -0.2) is 4.98 Å². The molecule has 0 aromatic carbocycles. The minimum Gasteiger partial charge on any atom is -0.365 e. The Labute approximate surface area is 119 Å². The van der Waals surface area contributed by atoms with Crippen LogP contribution in [0.25, 0.3) is 0 Å². The Hall–Kier alpha value is -1.62. The molecule has 1 aromatic heterocycles. The number of carbonyl (C=O) groups is 1. The molecule has 2 N–H and O–H groups in total. The van der Waals surface area contributed by atoms with Crippen molar-refractivity contribution >= 4 is 11.7 Å². The number of aromatic nitrogens is 1. The molecular formula is C15H22N4O. The molecule has 0 bridgehead atoms. The van der Waals surface area contributed by atoms with Crippen LogP contribution in [0.2, 0.25) is 0 Å². The molecule has 5 nitrogen and oxygen atoms in total. The van der Waals surface area contributed by atoms with Crippen LogP contribution in [0.4, 0.5) is 5.82 Å². The first-order valence-electron chi connectivity index (χ1n) is 7.22. The molecule has 3 heterocycles. The molecule has 0 aliphatic carbocycles. The van der Waals surface area contributed by atoms with Gasteiger partial charge in [-0.3, -0.25) is 4.79 Å². The molecule has 0 unspecified atom stereocenters. The first-order valence-corrected chi connectivity index (χ1v) is 7.22. The highest BCUT2D eigenvalue weighted by Crippen LogP contribution is 2.30. The van der Waals surface area contributed by atoms with E-state index in [9.17, 15) is 4.79 Å². The average Bonchev–Trinajstić information content (AvgIpc) is 2.98. The van der Waals surface area contributed by atoms with Gasteiger partial charge in [-0.2, -0.15) is 0 Å². The fraction of sp³-hybridized carbons (Fsp3) is 0.600. The lowest BCUT2D eigenvalue weighted by molar-refractivity contribution is 0.0789. The summed E-state index contributed by atoms with van der Waals surface area (Å²) in [5, 5.41) is 6.61. The highest BCUT2D eigenvalue weighted by Gasteiger charge is 2.31. The van der Waals surface area contributed by atoms with Crippen molar-refractivity contribution in [3.05, 3.63) is 23.4 Å². The number of likely N-dealkylation sites (tertiary alicyclic amines) is 1. The van der Waals surface area contributed by atoms with Crippen molar-refractivity contribution in [2.24, 2.45) is 0 Å². The quantitative estimate of drug-likeness (QED) is 0.852. The van der Waals surface area contributed by atoms with Crippen molar-refractivity contribution in [3.63, 3.8) is 0 Å². The fourth-order valence-electron chi connectivity index (χ4n) is 3.08. The van der Waals surface area contributed by atoms with Crippen molar-refractivity contribution in [3.8, 4) is 0 Å². The van der Waals surface area contributed by atoms with Gasteiger partial charge in [0.15, 0.2) is 0 Å². The average molecular weight is 274 g/mol. The van der Waals surface area contributed by atoms with Crippen molar-refractivity contribution in [2.75, 3.05) is 25.5 Å². The summed E-state index contributed by atoms with van der Waals surface area (Å²) in [5.41, 5.74) is 1.88. The van der Waals surface area contributed by atoms with E-state index in [0.29, 0.717) is 11.6 Å². The number of pyridine rings is 1. The van der Waals surface area contributed by atoms with Gasteiger partial charge < -0.3 is 15.5 Å². The van der Waals surface area contributed by atoms with E-state index in [2.05, 4.69) is 29.5 Å². The molecule has 2 aliphatic rings. The Morgan fingerprint density at radius 1 is 1.55 bits per heavy atom. The lowest BCUT2D eigenvalue weighted by Crippen LogP contribution is -2.33. The number of carbonyl (C=O) groups excluding carboxylic acids is 1. The van der Waals surface area contributed by atoms with E-state index < -0.39 is 0 Å². The van der Waals surface area contributed by atoms with Crippen LogP contribution in [-0.2, 0) is 6.42 Å². The predicted octanol–water partition coefficient (Wildman–Crippen LogP) is 1.26. The van der Waals surface area contributed by atoms with Crippen LogP contribution in [0, 0.1) is 0 Å². The number of nitrogens with one attached hydrogen (secondary N) is 2. The normalized spacial score (nSPS) is 23.6. The van der Waals surface area contributed by atoms with Crippen molar-refractivity contribution < 1.29 is 4.79 Å². The number of hydrogen-bond donors (Lipinski definition) is 2. The maximum absolute atomic E-state index is 12.5. The molecule has 108 valence electrons. The number of hydrogen-bond acceptors (Lipinski definition) is 4. The summed E-state index contributed by atoms with van der Waals surface area (Å²) in [6.07, 6.45) is 3.63. The molecule has 1 atom stereocenters. The standard InChI is InChI=1S/C15H22N4O/c1-15(2)7-10-6-11(8-17-13(10)18-15)14(20)19-5-4-12(9-19)16-3/h6,8,12,16H,4-5,7,9H2,1-3H3,(H,17,18)/t12-/m0/s1. The van der Waals surface area contributed by atoms with Gasteiger partial charge in [0, 0.05) is 30.9 Å². The van der Waals surface area contributed by atoms with Crippen LogP contribution in [0.3, 0.4) is 0 Å². The second-order valence-corrected chi connectivity index (χ2v) is 6.44. The van der Waals surface area contributed by atoms with E-state index in [0.717, 1.165) is 37.3 Å². The minimum absolute atomic E-state index is 0.0296. The van der Waals surface area contributed by atoms with E-state index in [1.807, 2.05) is 18.0 Å². The van der Waals surface area contributed by atoms with E-state index in [1.165, 1.54) is 0 Å². The zero-order valence-electron chi connectivity index (χ0n) is 12.4. The van der Waals surface area contributed by atoms with Crippen LogP contribution in [0.15, 0.2) is 12.3 Å². The third-order valence-corrected chi connectivity index (χ3v) is 4.19. The lowest BCUT2D eigenvalue weighted by atomic mass is 10.00. The lowest BCUT2D eigenvalue weighted by Gasteiger charge is -2.17. The Bertz CT molecular complexity index is 541. The second kappa shape index (κ2) is 4.74. The highest BCUT2D eigenvalue weighted by atomic mass is 16.2. The molecule has 2 aliphatic heterocycles. The molecule has 1 fully saturated rings. The van der Waals surface area contributed by atoms with E-state index in [1.54, 1.807) is 6.20 Å². The van der Waals surface area contributed by atoms with Crippen LogP contribution in [0.1, 0.15) is 36.2 Å². The maximum atomic E-state index is 12.5. The smallest absolute Gasteiger partial charge is 0.255 e. The van der Waals surface area contributed by atoms with Crippen LogP contribution >= 0.6 is 0 Å². The number of rotatable bonds is 2. The summed E-state index contributed by atoms with van der Waals surface area (Å²) in [6.45, 7) is 5.91. The number of amides is 1. The van der Waals surface area contributed by atoms with Gasteiger partial charge in [-0.05, 0) is 45.4 Å². The summed E-state index contributed by atoms with van der Waals surface area (Å²) in [6, 6.07) is 2.42. The highest BCUT2D eigenvalue weighted by molar-refractivity contribution is 5.94. The van der Waals surface area contributed by atoms with Crippen molar-refractivity contribution in [1.82, 2.24) is 15.2 Å². The molecule has 3 rings (SSSR count). The largest absolute Gasteiger partial charge is 0.365 e. The first kappa shape index (κ1) is 13.4. The zero-order valence-corrected chi connectivity index (χ0v) is 12.4. The molecule has 20 heavy (non-hydrogen) atoms. The molecule has 1 saturated heterocycles. The minimum atomic E-state index is 0.0296. The summed E-state index contributed by atoms with van der Waals surface area (Å²) >= 11 is 0. The van der Waals surface area contributed by atoms with Gasteiger partial charge in [0.2, 0.25) is 0 Å². The van der Waals surface area contributed by atoms with Gasteiger partial charge in [0.1, 0.15) is 5.82 Å². The fourth-order valence-corrected chi connectivity index (χ4v) is 3.08. The Morgan fingerprint density at radius 3 is 3.05 bits per heavy atom. The molecule has 0 saturated carbocycles. The monoisotopic (exact) mass is 274 g/mol. The molecule has 1 amide bonds. The Balaban J connectivity index is 1.78. The molecule has 0 radical (unpaired) electrons. The number of nitrogens with zero attached hydrogens (tertiary/aromatic N) is 2. The van der Waals surface area contributed by atoms with Crippen molar-refractivity contribution in [1.29, 1.82) is 0 Å². The van der Waals surface area contributed by atoms with Crippen LogP contribution in [-0.4, -0.2) is 47.5 Å². The topological polar surface area (TPSA) is 57.3 Å². The molecule has 1 aromatic rings. The molecule has 0 spiro atoms. The van der Waals surface area contributed by atoms with E-state index in [4.69, 9.17) is 0 Å². The number of fused-ring (bicyclic) bond motifs is 1. The molecule has 5 heteroatoms. The predicted molar refractivity (Wildman–Crippen MR) is 79.0 cm³/mol. The summed E-state index contributed by atoms with van der Waals surface area (Å²) < 4.78 is 0. The summed E-state index contributed by atoms with van der Waals surface area (Å²) in [4.78, 5) is 18.8. The summed E-state index contributed by atoms with van der Waals surface area (Å²) in [5.74, 6) is 1.02. The van der Waals surface area contributed by atoms with Crippen LogP contribution in [0.5, 0.6) is 0 Å². The van der Waals surface area contributed by atoms with Crippen molar-refractivity contribution in [2.45, 2.75) is 38.3 Å². The third kappa shape index (κ3) is 2.38. The SMILES string of the molecule is CN[C@H]1CCN(C(=O)c2cnc3c(c2)CC(C)(C)N3)C1. The van der Waals surface area contributed by atoms with Gasteiger partial charge in [-0.1, -0.05) is 0 Å². The van der Waals surface area contributed by atoms with Gasteiger partial charge in [0.05, 0.1) is 5.56 Å². The Kier molecular flexibility index (Phi) is 3.17. The number of anilines is 1. The van der Waals surface area contributed by atoms with Gasteiger partial charge >= 0.3 is 0 Å². The second-order valence-electron chi connectivity index (χ2n) is 6.44. The van der Waals surface area contributed by atoms with Gasteiger partial charge in [0.25, 0.3) is 5.91 Å². The first-order chi connectivity index (χ1) is 9.48. The molecular weight excluding hydrogens is 252 g/mol. The summed E-state index contributed by atoms with van der Waals surface area (Å²) in [7, 11) is 1.95. The van der Waals surface area contributed by atoms with Crippen LogP contribution < -0.4 is 10.6 Å². The van der Waals surface area contributed by atoms with E-state index >= 15 is 0 Å². The number of likely N-dealkylation sites (N-methyl/N-ethyl adjacent to an activating group) is 1. The Morgan fingerprint density at radius 2 is 2.35 bits per heavy atom.